The molecule has 2 rings (SSSR count). The lowest BCUT2D eigenvalue weighted by atomic mass is 10.1. The van der Waals surface area contributed by atoms with Crippen molar-refractivity contribution in [1.82, 2.24) is 5.32 Å². The number of rotatable bonds is 7. The standard InChI is InChI=1S/C18H23N3O4S/c1-18(2,19)12-20-17(22)13-7-6-8-14(11-13)26(23,24)21-15-9-4-5-10-16(15)25-3/h4-11,21H,12,19H2,1-3H3,(H,20,22). The number of para-hydroxylation sites is 2. The summed E-state index contributed by atoms with van der Waals surface area (Å²) in [4.78, 5) is 12.2. The summed E-state index contributed by atoms with van der Waals surface area (Å²) in [7, 11) is -2.42. The number of benzene rings is 2. The second-order valence-corrected chi connectivity index (χ2v) is 8.19. The molecule has 0 aliphatic carbocycles. The van der Waals surface area contributed by atoms with Crippen molar-refractivity contribution in [2.24, 2.45) is 5.73 Å². The van der Waals surface area contributed by atoms with E-state index in [1.165, 1.54) is 25.3 Å². The summed E-state index contributed by atoms with van der Waals surface area (Å²) in [5.74, 6) is 0.00742. The van der Waals surface area contributed by atoms with Gasteiger partial charge < -0.3 is 15.8 Å². The van der Waals surface area contributed by atoms with Crippen LogP contribution in [-0.4, -0.2) is 33.5 Å². The predicted octanol–water partition coefficient (Wildman–Crippen LogP) is 1.96. The second-order valence-electron chi connectivity index (χ2n) is 6.50. The van der Waals surface area contributed by atoms with E-state index in [0.29, 0.717) is 11.4 Å². The highest BCUT2D eigenvalue weighted by atomic mass is 32.2. The Labute approximate surface area is 153 Å². The Bertz CT molecular complexity index is 889. The molecule has 0 aliphatic heterocycles. The molecule has 8 heteroatoms. The molecule has 0 aliphatic rings. The maximum atomic E-state index is 12.6. The monoisotopic (exact) mass is 377 g/mol. The van der Waals surface area contributed by atoms with E-state index in [-0.39, 0.29) is 17.0 Å². The van der Waals surface area contributed by atoms with Gasteiger partial charge in [-0.2, -0.15) is 0 Å². The van der Waals surface area contributed by atoms with E-state index in [9.17, 15) is 13.2 Å². The summed E-state index contributed by atoms with van der Waals surface area (Å²) in [6.07, 6.45) is 0. The maximum absolute atomic E-state index is 12.6. The minimum atomic E-state index is -3.88. The Morgan fingerprint density at radius 3 is 2.50 bits per heavy atom. The molecule has 0 spiro atoms. The lowest BCUT2D eigenvalue weighted by Crippen LogP contribution is -2.45. The fourth-order valence-electron chi connectivity index (χ4n) is 2.15. The first-order chi connectivity index (χ1) is 12.1. The molecule has 4 N–H and O–H groups in total. The van der Waals surface area contributed by atoms with Crippen molar-refractivity contribution < 1.29 is 17.9 Å². The van der Waals surface area contributed by atoms with Gasteiger partial charge in [0.05, 0.1) is 17.7 Å². The third-order valence-electron chi connectivity index (χ3n) is 3.46. The molecule has 0 aromatic heterocycles. The molecular formula is C18H23N3O4S. The lowest BCUT2D eigenvalue weighted by Gasteiger charge is -2.19. The highest BCUT2D eigenvalue weighted by Crippen LogP contribution is 2.26. The number of nitrogens with one attached hydrogen (secondary N) is 2. The average molecular weight is 377 g/mol. The van der Waals surface area contributed by atoms with E-state index in [2.05, 4.69) is 10.0 Å². The second kappa shape index (κ2) is 7.76. The predicted molar refractivity (Wildman–Crippen MR) is 101 cm³/mol. The number of methoxy groups -OCH3 is 1. The minimum Gasteiger partial charge on any atom is -0.495 e. The van der Waals surface area contributed by atoms with Crippen LogP contribution in [0.25, 0.3) is 0 Å². The van der Waals surface area contributed by atoms with Gasteiger partial charge in [-0.25, -0.2) is 8.42 Å². The molecule has 0 fully saturated rings. The molecular weight excluding hydrogens is 354 g/mol. The molecule has 140 valence electrons. The topological polar surface area (TPSA) is 111 Å². The molecule has 0 bridgehead atoms. The summed E-state index contributed by atoms with van der Waals surface area (Å²) in [5, 5.41) is 2.69. The van der Waals surface area contributed by atoms with Crippen molar-refractivity contribution in [1.29, 1.82) is 0 Å². The molecule has 26 heavy (non-hydrogen) atoms. The number of sulfonamides is 1. The lowest BCUT2D eigenvalue weighted by molar-refractivity contribution is 0.0946. The smallest absolute Gasteiger partial charge is 0.262 e. The van der Waals surface area contributed by atoms with Crippen LogP contribution in [0.1, 0.15) is 24.2 Å². The van der Waals surface area contributed by atoms with Crippen LogP contribution in [0.4, 0.5) is 5.69 Å². The number of nitrogens with two attached hydrogens (primary N) is 1. The van der Waals surface area contributed by atoms with Crippen molar-refractivity contribution in [2.45, 2.75) is 24.3 Å². The van der Waals surface area contributed by atoms with Crippen LogP contribution >= 0.6 is 0 Å². The highest BCUT2D eigenvalue weighted by Gasteiger charge is 2.19. The van der Waals surface area contributed by atoms with Gasteiger partial charge in [0.25, 0.3) is 15.9 Å². The number of hydrogen-bond donors (Lipinski definition) is 3. The Balaban J connectivity index is 2.24. The third kappa shape index (κ3) is 5.21. The largest absolute Gasteiger partial charge is 0.495 e. The van der Waals surface area contributed by atoms with E-state index in [4.69, 9.17) is 10.5 Å². The molecule has 2 aromatic rings. The number of ether oxygens (including phenoxy) is 1. The summed E-state index contributed by atoms with van der Waals surface area (Å²) in [5.41, 5.74) is 5.83. The van der Waals surface area contributed by atoms with Crippen LogP contribution in [0.5, 0.6) is 5.75 Å². The Morgan fingerprint density at radius 1 is 1.15 bits per heavy atom. The van der Waals surface area contributed by atoms with Gasteiger partial charge in [-0.05, 0) is 44.2 Å². The van der Waals surface area contributed by atoms with Gasteiger partial charge in [0.1, 0.15) is 5.75 Å². The Hall–Kier alpha value is -2.58. The van der Waals surface area contributed by atoms with Crippen LogP contribution in [0.15, 0.2) is 53.4 Å². The molecule has 0 saturated carbocycles. The molecule has 2 aromatic carbocycles. The first kappa shape index (κ1) is 19.7. The van der Waals surface area contributed by atoms with Gasteiger partial charge in [-0.15, -0.1) is 0 Å². The van der Waals surface area contributed by atoms with Gasteiger partial charge in [-0.3, -0.25) is 9.52 Å². The van der Waals surface area contributed by atoms with Crippen molar-refractivity contribution >= 4 is 21.6 Å². The molecule has 1 amide bonds. The number of anilines is 1. The van der Waals surface area contributed by atoms with E-state index < -0.39 is 21.5 Å². The van der Waals surface area contributed by atoms with E-state index >= 15 is 0 Å². The van der Waals surface area contributed by atoms with Crippen LogP contribution in [0, 0.1) is 0 Å². The third-order valence-corrected chi connectivity index (χ3v) is 4.83. The number of hydrogen-bond acceptors (Lipinski definition) is 5. The van der Waals surface area contributed by atoms with Gasteiger partial charge in [0.2, 0.25) is 0 Å². The number of carbonyl (C=O) groups is 1. The van der Waals surface area contributed by atoms with Crippen molar-refractivity contribution in [2.75, 3.05) is 18.4 Å². The summed E-state index contributed by atoms with van der Waals surface area (Å²) >= 11 is 0. The van der Waals surface area contributed by atoms with E-state index in [1.54, 1.807) is 44.2 Å². The van der Waals surface area contributed by atoms with Gasteiger partial charge in [0.15, 0.2) is 0 Å². The van der Waals surface area contributed by atoms with Crippen molar-refractivity contribution in [3.63, 3.8) is 0 Å². The van der Waals surface area contributed by atoms with Crippen LogP contribution in [-0.2, 0) is 10.0 Å². The van der Waals surface area contributed by atoms with Crippen LogP contribution in [0.3, 0.4) is 0 Å². The zero-order valence-corrected chi connectivity index (χ0v) is 15.8. The SMILES string of the molecule is COc1ccccc1NS(=O)(=O)c1cccc(C(=O)NCC(C)(C)N)c1. The highest BCUT2D eigenvalue weighted by molar-refractivity contribution is 7.92. The molecule has 7 nitrogen and oxygen atoms in total. The van der Waals surface area contributed by atoms with Gasteiger partial charge >= 0.3 is 0 Å². The first-order valence-electron chi connectivity index (χ1n) is 7.95. The zero-order chi connectivity index (χ0) is 19.4. The van der Waals surface area contributed by atoms with Crippen molar-refractivity contribution in [3.8, 4) is 5.75 Å². The van der Waals surface area contributed by atoms with Crippen LogP contribution in [0.2, 0.25) is 0 Å². The zero-order valence-electron chi connectivity index (χ0n) is 14.9. The minimum absolute atomic E-state index is 0.0249. The molecule has 0 atom stereocenters. The number of carbonyl (C=O) groups excluding carboxylic acids is 1. The molecule has 0 saturated heterocycles. The van der Waals surface area contributed by atoms with Gasteiger partial charge in [-0.1, -0.05) is 18.2 Å². The molecule has 0 unspecified atom stereocenters. The fourth-order valence-corrected chi connectivity index (χ4v) is 3.26. The van der Waals surface area contributed by atoms with E-state index in [0.717, 1.165) is 0 Å². The summed E-state index contributed by atoms with van der Waals surface area (Å²) in [6.45, 7) is 3.83. The number of amides is 1. The summed E-state index contributed by atoms with van der Waals surface area (Å²) in [6, 6.07) is 12.5. The quantitative estimate of drug-likeness (QED) is 0.683. The normalized spacial score (nSPS) is 11.7. The molecule has 0 heterocycles. The maximum Gasteiger partial charge on any atom is 0.262 e. The van der Waals surface area contributed by atoms with Gasteiger partial charge in [0, 0.05) is 17.6 Å². The first-order valence-corrected chi connectivity index (χ1v) is 9.44. The van der Waals surface area contributed by atoms with E-state index in [1.807, 2.05) is 0 Å². The fraction of sp³-hybridized carbons (Fsp3) is 0.278. The Morgan fingerprint density at radius 2 is 1.85 bits per heavy atom. The van der Waals surface area contributed by atoms with Crippen LogP contribution < -0.4 is 20.5 Å². The average Bonchev–Trinajstić information content (AvgIpc) is 2.59. The molecule has 0 radical (unpaired) electrons. The van der Waals surface area contributed by atoms with Crippen molar-refractivity contribution in [3.05, 3.63) is 54.1 Å². The summed E-state index contributed by atoms with van der Waals surface area (Å²) < 4.78 is 32.9. The Kier molecular flexibility index (Phi) is 5.89.